The highest BCUT2D eigenvalue weighted by atomic mass is 16.6. The lowest BCUT2D eigenvalue weighted by Gasteiger charge is -2.31. The van der Waals surface area contributed by atoms with Crippen molar-refractivity contribution in [2.45, 2.75) is 38.3 Å². The van der Waals surface area contributed by atoms with Gasteiger partial charge in [-0.2, -0.15) is 0 Å². The molecule has 2 atom stereocenters. The van der Waals surface area contributed by atoms with E-state index in [9.17, 15) is 24.3 Å². The molecule has 2 aromatic carbocycles. The molecule has 0 saturated heterocycles. The normalized spacial score (nSPS) is 13.8. The Morgan fingerprint density at radius 1 is 0.944 bits per heavy atom. The smallest absolute Gasteiger partial charge is 0.410 e. The molecule has 1 unspecified atom stereocenters. The molecule has 192 valence electrons. The van der Waals surface area contributed by atoms with Gasteiger partial charge in [0.2, 0.25) is 11.8 Å². The number of rotatable bonds is 9. The number of nitrogens with zero attached hydrogens (tertiary/aromatic N) is 2. The number of aliphatic carboxylic acids is 1. The second-order valence-corrected chi connectivity index (χ2v) is 9.50. The van der Waals surface area contributed by atoms with Crippen LogP contribution in [0.5, 0.6) is 0 Å². The summed E-state index contributed by atoms with van der Waals surface area (Å²) in [7, 11) is 4.42. The van der Waals surface area contributed by atoms with E-state index < -0.39 is 42.4 Å². The summed E-state index contributed by atoms with van der Waals surface area (Å²) >= 11 is 0. The Balaban J connectivity index is 1.73. The molecule has 0 heterocycles. The maximum Gasteiger partial charge on any atom is 0.410 e. The van der Waals surface area contributed by atoms with Crippen LogP contribution in [0.25, 0.3) is 11.1 Å². The number of fused-ring (bicyclic) bond motifs is 3. The minimum Gasteiger partial charge on any atom is -0.481 e. The minimum absolute atomic E-state index is 0.102. The monoisotopic (exact) mass is 495 g/mol. The first kappa shape index (κ1) is 26.7. The first-order valence-electron chi connectivity index (χ1n) is 11.8. The highest BCUT2D eigenvalue weighted by Crippen LogP contribution is 2.44. The fraction of sp³-hybridized carbons (Fsp3) is 0.407. The largest absolute Gasteiger partial charge is 0.481 e. The molecule has 1 aliphatic carbocycles. The summed E-state index contributed by atoms with van der Waals surface area (Å²) in [5, 5.41) is 11.7. The van der Waals surface area contributed by atoms with Crippen molar-refractivity contribution in [3.63, 3.8) is 0 Å². The SMILES string of the molecule is CC(C)C(C(=O)N[C@@H](CC(=O)O)C(=O)N(C)C)N(C)C(=O)OCC1c2ccccc2-c2ccccc21. The van der Waals surface area contributed by atoms with Gasteiger partial charge in [0.1, 0.15) is 18.7 Å². The van der Waals surface area contributed by atoms with E-state index in [0.717, 1.165) is 22.3 Å². The molecule has 0 aromatic heterocycles. The molecule has 36 heavy (non-hydrogen) atoms. The third-order valence-corrected chi connectivity index (χ3v) is 6.38. The van der Waals surface area contributed by atoms with Crippen molar-refractivity contribution < 1.29 is 29.0 Å². The van der Waals surface area contributed by atoms with Crippen LogP contribution in [0, 0.1) is 5.92 Å². The summed E-state index contributed by atoms with van der Waals surface area (Å²) in [6.45, 7) is 3.62. The zero-order chi connectivity index (χ0) is 26.6. The fourth-order valence-electron chi connectivity index (χ4n) is 4.68. The first-order chi connectivity index (χ1) is 17.0. The number of benzene rings is 2. The summed E-state index contributed by atoms with van der Waals surface area (Å²) < 4.78 is 5.68. The van der Waals surface area contributed by atoms with Gasteiger partial charge in [0.05, 0.1) is 6.42 Å². The molecule has 9 nitrogen and oxygen atoms in total. The standard InChI is InChI=1S/C27H33N3O6/c1-16(2)24(25(33)28-22(14-23(31)32)26(34)29(3)4)30(5)27(35)36-15-21-19-12-8-6-10-17(19)18-11-7-9-13-20(18)21/h6-13,16,21-22,24H,14-15H2,1-5H3,(H,28,33)(H,31,32)/t22-,24?/m0/s1. The summed E-state index contributed by atoms with van der Waals surface area (Å²) in [5.74, 6) is -2.84. The maximum absolute atomic E-state index is 13.1. The van der Waals surface area contributed by atoms with Crippen LogP contribution in [0.15, 0.2) is 48.5 Å². The number of amides is 3. The number of carboxylic acids is 1. The van der Waals surface area contributed by atoms with Crippen LogP contribution in [-0.4, -0.2) is 78.6 Å². The topological polar surface area (TPSA) is 116 Å². The number of nitrogens with one attached hydrogen (secondary N) is 1. The Bertz CT molecular complexity index is 1100. The minimum atomic E-state index is -1.25. The maximum atomic E-state index is 13.1. The van der Waals surface area contributed by atoms with Crippen molar-refractivity contribution in [1.82, 2.24) is 15.1 Å². The molecule has 1 aliphatic rings. The van der Waals surface area contributed by atoms with Crippen molar-refractivity contribution in [3.8, 4) is 11.1 Å². The Labute approximate surface area is 211 Å². The van der Waals surface area contributed by atoms with Crippen molar-refractivity contribution in [1.29, 1.82) is 0 Å². The van der Waals surface area contributed by atoms with Gasteiger partial charge in [0.25, 0.3) is 0 Å². The third kappa shape index (κ3) is 5.67. The average Bonchev–Trinajstić information content (AvgIpc) is 3.14. The van der Waals surface area contributed by atoms with E-state index >= 15 is 0 Å². The highest BCUT2D eigenvalue weighted by molar-refractivity contribution is 5.93. The molecule has 0 bridgehead atoms. The molecule has 0 aliphatic heterocycles. The van der Waals surface area contributed by atoms with Crippen molar-refractivity contribution in [2.24, 2.45) is 5.92 Å². The predicted molar refractivity (Wildman–Crippen MR) is 134 cm³/mol. The Morgan fingerprint density at radius 2 is 1.47 bits per heavy atom. The van der Waals surface area contributed by atoms with E-state index in [-0.39, 0.29) is 18.4 Å². The van der Waals surface area contributed by atoms with Crippen LogP contribution in [-0.2, 0) is 19.1 Å². The lowest BCUT2D eigenvalue weighted by Crippen LogP contribution is -2.56. The molecule has 3 amide bonds. The molecular formula is C27H33N3O6. The van der Waals surface area contributed by atoms with E-state index in [1.165, 1.54) is 30.9 Å². The second-order valence-electron chi connectivity index (χ2n) is 9.50. The number of carbonyl (C=O) groups excluding carboxylic acids is 3. The van der Waals surface area contributed by atoms with E-state index in [1.807, 2.05) is 48.5 Å². The summed E-state index contributed by atoms with van der Waals surface area (Å²) in [6, 6.07) is 13.8. The van der Waals surface area contributed by atoms with Gasteiger partial charge in [-0.1, -0.05) is 62.4 Å². The molecular weight excluding hydrogens is 462 g/mol. The third-order valence-electron chi connectivity index (χ3n) is 6.38. The molecule has 0 saturated carbocycles. The Hall–Kier alpha value is -3.88. The average molecular weight is 496 g/mol. The molecule has 3 rings (SSSR count). The van der Waals surface area contributed by atoms with E-state index in [2.05, 4.69) is 5.32 Å². The number of likely N-dealkylation sites (N-methyl/N-ethyl adjacent to an activating group) is 2. The van der Waals surface area contributed by atoms with Crippen LogP contribution in [0.4, 0.5) is 4.79 Å². The number of carbonyl (C=O) groups is 4. The Kier molecular flexibility index (Phi) is 8.34. The fourth-order valence-corrected chi connectivity index (χ4v) is 4.68. The lowest BCUT2D eigenvalue weighted by molar-refractivity contribution is -0.143. The van der Waals surface area contributed by atoms with Gasteiger partial charge >= 0.3 is 12.1 Å². The summed E-state index contributed by atoms with van der Waals surface area (Å²) in [5.41, 5.74) is 4.37. The number of hydrogen-bond donors (Lipinski definition) is 2. The van der Waals surface area contributed by atoms with Gasteiger partial charge in [-0.25, -0.2) is 4.79 Å². The van der Waals surface area contributed by atoms with Gasteiger partial charge in [0.15, 0.2) is 0 Å². The molecule has 9 heteroatoms. The van der Waals surface area contributed by atoms with Gasteiger partial charge in [-0.05, 0) is 28.2 Å². The number of ether oxygens (including phenoxy) is 1. The zero-order valence-electron chi connectivity index (χ0n) is 21.2. The first-order valence-corrected chi connectivity index (χ1v) is 11.8. The van der Waals surface area contributed by atoms with Crippen molar-refractivity contribution in [3.05, 3.63) is 59.7 Å². The van der Waals surface area contributed by atoms with E-state index in [4.69, 9.17) is 4.74 Å². The van der Waals surface area contributed by atoms with Crippen molar-refractivity contribution in [2.75, 3.05) is 27.7 Å². The van der Waals surface area contributed by atoms with Crippen LogP contribution < -0.4 is 5.32 Å². The van der Waals surface area contributed by atoms with Gasteiger partial charge in [0, 0.05) is 27.1 Å². The van der Waals surface area contributed by atoms with Gasteiger partial charge in [-0.3, -0.25) is 19.3 Å². The molecule has 0 radical (unpaired) electrons. The van der Waals surface area contributed by atoms with Crippen LogP contribution in [0.1, 0.15) is 37.3 Å². The number of hydrogen-bond acceptors (Lipinski definition) is 5. The van der Waals surface area contributed by atoms with E-state index in [0.29, 0.717) is 0 Å². The van der Waals surface area contributed by atoms with Gasteiger partial charge in [-0.15, -0.1) is 0 Å². The van der Waals surface area contributed by atoms with Crippen molar-refractivity contribution >= 4 is 23.9 Å². The Morgan fingerprint density at radius 3 is 1.94 bits per heavy atom. The highest BCUT2D eigenvalue weighted by Gasteiger charge is 2.35. The van der Waals surface area contributed by atoms with Crippen LogP contribution >= 0.6 is 0 Å². The molecule has 2 N–H and O–H groups in total. The van der Waals surface area contributed by atoms with E-state index in [1.54, 1.807) is 13.8 Å². The summed E-state index contributed by atoms with van der Waals surface area (Å²) in [6.07, 6.45) is -1.25. The lowest BCUT2D eigenvalue weighted by atomic mass is 9.98. The summed E-state index contributed by atoms with van der Waals surface area (Å²) in [4.78, 5) is 52.2. The molecule has 2 aromatic rings. The predicted octanol–water partition coefficient (Wildman–Crippen LogP) is 2.94. The van der Waals surface area contributed by atoms with Gasteiger partial charge < -0.3 is 20.1 Å². The molecule has 0 spiro atoms. The van der Waals surface area contributed by atoms with Crippen LogP contribution in [0.2, 0.25) is 0 Å². The van der Waals surface area contributed by atoms with Crippen LogP contribution in [0.3, 0.4) is 0 Å². The zero-order valence-corrected chi connectivity index (χ0v) is 21.2. The number of carboxylic acid groups (broad SMARTS) is 1. The quantitative estimate of drug-likeness (QED) is 0.553. The molecule has 0 fully saturated rings. The second kappa shape index (κ2) is 11.2.